The van der Waals surface area contributed by atoms with Crippen LogP contribution < -0.4 is 0 Å². The minimum absolute atomic E-state index is 0.0540. The molecule has 0 spiro atoms. The molecule has 1 unspecified atom stereocenters. The molecule has 15 heavy (non-hydrogen) atoms. The van der Waals surface area contributed by atoms with Gasteiger partial charge in [-0.2, -0.15) is 5.26 Å². The lowest BCUT2D eigenvalue weighted by atomic mass is 10.0. The van der Waals surface area contributed by atoms with Crippen molar-refractivity contribution in [2.24, 2.45) is 0 Å². The van der Waals surface area contributed by atoms with Gasteiger partial charge in [0, 0.05) is 3.57 Å². The summed E-state index contributed by atoms with van der Waals surface area (Å²) in [7, 11) is 0. The van der Waals surface area contributed by atoms with Gasteiger partial charge in [0.1, 0.15) is 5.78 Å². The smallest absolute Gasteiger partial charge is 0.147 e. The SMILES string of the molecule is CC(=O)C(Br)c1c(I)cccc1CC#N. The van der Waals surface area contributed by atoms with Gasteiger partial charge >= 0.3 is 0 Å². The van der Waals surface area contributed by atoms with Gasteiger partial charge in [0.25, 0.3) is 0 Å². The molecular formula is C11H9BrINO. The average Bonchev–Trinajstić information content (AvgIpc) is 2.17. The van der Waals surface area contributed by atoms with Gasteiger partial charge in [0.05, 0.1) is 17.3 Å². The van der Waals surface area contributed by atoms with Crippen LogP contribution in [0.2, 0.25) is 0 Å². The first-order chi connectivity index (χ1) is 7.07. The van der Waals surface area contributed by atoms with E-state index < -0.39 is 0 Å². The molecule has 0 saturated carbocycles. The predicted molar refractivity (Wildman–Crippen MR) is 70.8 cm³/mol. The van der Waals surface area contributed by atoms with E-state index in [1.165, 1.54) is 0 Å². The van der Waals surface area contributed by atoms with Gasteiger partial charge in [0.15, 0.2) is 0 Å². The van der Waals surface area contributed by atoms with E-state index in [0.717, 1.165) is 14.7 Å². The maximum atomic E-state index is 11.3. The second kappa shape index (κ2) is 5.61. The lowest BCUT2D eigenvalue weighted by Crippen LogP contribution is -2.06. The van der Waals surface area contributed by atoms with E-state index in [1.54, 1.807) is 6.92 Å². The summed E-state index contributed by atoms with van der Waals surface area (Å²) in [5.74, 6) is 0.0540. The van der Waals surface area contributed by atoms with Crippen LogP contribution in [0, 0.1) is 14.9 Å². The highest BCUT2D eigenvalue weighted by molar-refractivity contribution is 14.1. The fourth-order valence-corrected chi connectivity index (χ4v) is 3.14. The third-order valence-electron chi connectivity index (χ3n) is 2.02. The van der Waals surface area contributed by atoms with Crippen molar-refractivity contribution in [1.82, 2.24) is 0 Å². The van der Waals surface area contributed by atoms with Gasteiger partial charge in [0.2, 0.25) is 0 Å². The molecule has 78 valence electrons. The topological polar surface area (TPSA) is 40.9 Å². The summed E-state index contributed by atoms with van der Waals surface area (Å²) in [5.41, 5.74) is 1.84. The lowest BCUT2D eigenvalue weighted by Gasteiger charge is -2.13. The van der Waals surface area contributed by atoms with Crippen molar-refractivity contribution >= 4 is 44.3 Å². The molecule has 0 fully saturated rings. The molecule has 0 bridgehead atoms. The highest BCUT2D eigenvalue weighted by atomic mass is 127. The van der Waals surface area contributed by atoms with Crippen molar-refractivity contribution in [1.29, 1.82) is 5.26 Å². The quantitative estimate of drug-likeness (QED) is 0.598. The number of alkyl halides is 1. The third-order valence-corrected chi connectivity index (χ3v) is 4.07. The first-order valence-electron chi connectivity index (χ1n) is 4.36. The van der Waals surface area contributed by atoms with Crippen LogP contribution in [-0.2, 0) is 11.2 Å². The molecule has 1 atom stereocenters. The number of ketones is 1. The van der Waals surface area contributed by atoms with Crippen LogP contribution in [0.3, 0.4) is 0 Å². The zero-order chi connectivity index (χ0) is 11.4. The average molecular weight is 378 g/mol. The standard InChI is InChI=1S/C11H9BrINO/c1-7(15)11(12)10-8(5-6-14)3-2-4-9(10)13/h2-4,11H,5H2,1H3. The molecular weight excluding hydrogens is 369 g/mol. The minimum Gasteiger partial charge on any atom is -0.298 e. The Morgan fingerprint density at radius 2 is 2.33 bits per heavy atom. The first-order valence-corrected chi connectivity index (χ1v) is 6.36. The maximum Gasteiger partial charge on any atom is 0.147 e. The van der Waals surface area contributed by atoms with E-state index in [1.807, 2.05) is 18.2 Å². The summed E-state index contributed by atoms with van der Waals surface area (Å²) < 4.78 is 1.01. The molecule has 1 aromatic rings. The zero-order valence-corrected chi connectivity index (χ0v) is 11.9. The third kappa shape index (κ3) is 3.02. The Balaban J connectivity index is 3.25. The van der Waals surface area contributed by atoms with Gasteiger partial charge in [-0.05, 0) is 46.7 Å². The zero-order valence-electron chi connectivity index (χ0n) is 8.13. The van der Waals surface area contributed by atoms with Gasteiger partial charge in [-0.3, -0.25) is 4.79 Å². The second-order valence-corrected chi connectivity index (χ2v) is 5.20. The summed E-state index contributed by atoms with van der Waals surface area (Å²) in [6.45, 7) is 1.54. The Hall–Kier alpha value is -0.410. The van der Waals surface area contributed by atoms with E-state index in [-0.39, 0.29) is 10.6 Å². The summed E-state index contributed by atoms with van der Waals surface area (Å²) in [6, 6.07) is 7.84. The summed E-state index contributed by atoms with van der Waals surface area (Å²) in [4.78, 5) is 11.0. The number of nitriles is 1. The largest absolute Gasteiger partial charge is 0.298 e. The number of carbonyl (C=O) groups is 1. The van der Waals surface area contributed by atoms with Gasteiger partial charge in [-0.15, -0.1) is 0 Å². The molecule has 2 nitrogen and oxygen atoms in total. The molecule has 1 rings (SSSR count). The summed E-state index contributed by atoms with van der Waals surface area (Å²) in [5, 5.41) is 8.70. The fraction of sp³-hybridized carbons (Fsp3) is 0.273. The van der Waals surface area contributed by atoms with E-state index >= 15 is 0 Å². The second-order valence-electron chi connectivity index (χ2n) is 3.12. The van der Waals surface area contributed by atoms with Crippen molar-refractivity contribution in [2.75, 3.05) is 0 Å². The molecule has 0 radical (unpaired) electrons. The number of rotatable bonds is 3. The molecule has 0 saturated heterocycles. The Morgan fingerprint density at radius 1 is 1.67 bits per heavy atom. The van der Waals surface area contributed by atoms with Crippen molar-refractivity contribution in [3.8, 4) is 6.07 Å². The van der Waals surface area contributed by atoms with Gasteiger partial charge < -0.3 is 0 Å². The van der Waals surface area contributed by atoms with E-state index in [2.05, 4.69) is 44.6 Å². The predicted octanol–water partition coefficient (Wildman–Crippen LogP) is 3.38. The van der Waals surface area contributed by atoms with Crippen molar-refractivity contribution in [3.05, 3.63) is 32.9 Å². The van der Waals surface area contributed by atoms with Crippen LogP contribution in [0.4, 0.5) is 0 Å². The van der Waals surface area contributed by atoms with Crippen LogP contribution in [0.25, 0.3) is 0 Å². The molecule has 1 aromatic carbocycles. The molecule has 0 N–H and O–H groups in total. The van der Waals surface area contributed by atoms with Crippen molar-refractivity contribution in [2.45, 2.75) is 18.2 Å². The van der Waals surface area contributed by atoms with Crippen LogP contribution in [0.1, 0.15) is 22.9 Å². The highest BCUT2D eigenvalue weighted by Crippen LogP contribution is 2.31. The number of benzene rings is 1. The Kier molecular flexibility index (Phi) is 4.74. The van der Waals surface area contributed by atoms with E-state index in [0.29, 0.717) is 6.42 Å². The Labute approximate surface area is 111 Å². The van der Waals surface area contributed by atoms with E-state index in [4.69, 9.17) is 5.26 Å². The van der Waals surface area contributed by atoms with Gasteiger partial charge in [-0.25, -0.2) is 0 Å². The molecule has 0 aliphatic heterocycles. The van der Waals surface area contributed by atoms with Crippen molar-refractivity contribution < 1.29 is 4.79 Å². The molecule has 0 aromatic heterocycles. The number of carbonyl (C=O) groups excluding carboxylic acids is 1. The summed E-state index contributed by atoms with van der Waals surface area (Å²) >= 11 is 5.54. The fourth-order valence-electron chi connectivity index (χ4n) is 1.31. The molecule has 0 heterocycles. The van der Waals surface area contributed by atoms with Crippen LogP contribution in [-0.4, -0.2) is 5.78 Å². The molecule has 4 heteroatoms. The number of halogens is 2. The number of hydrogen-bond acceptors (Lipinski definition) is 2. The van der Waals surface area contributed by atoms with Crippen molar-refractivity contribution in [3.63, 3.8) is 0 Å². The summed E-state index contributed by atoms with van der Waals surface area (Å²) in [6.07, 6.45) is 0.335. The van der Waals surface area contributed by atoms with Crippen LogP contribution in [0.5, 0.6) is 0 Å². The Bertz CT molecular complexity index is 425. The maximum absolute atomic E-state index is 11.3. The number of nitrogens with zero attached hydrogens (tertiary/aromatic N) is 1. The molecule has 0 aliphatic carbocycles. The first kappa shape index (κ1) is 12.7. The minimum atomic E-state index is -0.311. The number of Topliss-reactive ketones (excluding diaryl/α,β-unsaturated/α-hetero) is 1. The molecule has 0 amide bonds. The van der Waals surface area contributed by atoms with Gasteiger partial charge in [-0.1, -0.05) is 28.1 Å². The lowest BCUT2D eigenvalue weighted by molar-refractivity contribution is -0.116. The van der Waals surface area contributed by atoms with E-state index in [9.17, 15) is 4.79 Å². The Morgan fingerprint density at radius 3 is 2.87 bits per heavy atom. The monoisotopic (exact) mass is 377 g/mol. The molecule has 0 aliphatic rings. The number of hydrogen-bond donors (Lipinski definition) is 0. The normalized spacial score (nSPS) is 11.9. The highest BCUT2D eigenvalue weighted by Gasteiger charge is 2.18. The van der Waals surface area contributed by atoms with Crippen LogP contribution >= 0.6 is 38.5 Å². The van der Waals surface area contributed by atoms with Crippen LogP contribution in [0.15, 0.2) is 18.2 Å².